The third-order valence-corrected chi connectivity index (χ3v) is 2.61. The Balaban J connectivity index is 2.01. The second-order valence-corrected chi connectivity index (χ2v) is 3.82. The zero-order valence-corrected chi connectivity index (χ0v) is 8.61. The Morgan fingerprint density at radius 1 is 1.53 bits per heavy atom. The third kappa shape index (κ3) is 2.62. The molecule has 0 aromatic carbocycles. The lowest BCUT2D eigenvalue weighted by atomic mass is 9.98. The second kappa shape index (κ2) is 4.53. The summed E-state index contributed by atoms with van der Waals surface area (Å²) in [4.78, 5) is 7.37. The lowest BCUT2D eigenvalue weighted by Crippen LogP contribution is -2.36. The maximum absolute atomic E-state index is 12.8. The van der Waals surface area contributed by atoms with Crippen LogP contribution in [0.1, 0.15) is 13.3 Å². The number of rotatable bonds is 2. The molecule has 1 aromatic rings. The van der Waals surface area contributed by atoms with Crippen molar-refractivity contribution in [1.82, 2.24) is 9.97 Å². The molecule has 1 aliphatic heterocycles. The van der Waals surface area contributed by atoms with Crippen LogP contribution in [0.25, 0.3) is 0 Å². The SMILES string of the molecule is CC1COCCC1Nc1cc(F)ncn1. The number of anilines is 1. The zero-order valence-electron chi connectivity index (χ0n) is 8.61. The fraction of sp³-hybridized carbons (Fsp3) is 0.600. The Morgan fingerprint density at radius 3 is 3.13 bits per heavy atom. The first-order valence-electron chi connectivity index (χ1n) is 5.07. The van der Waals surface area contributed by atoms with E-state index < -0.39 is 5.95 Å². The van der Waals surface area contributed by atoms with Crippen LogP contribution in [0.15, 0.2) is 12.4 Å². The van der Waals surface area contributed by atoms with E-state index >= 15 is 0 Å². The molecule has 15 heavy (non-hydrogen) atoms. The van der Waals surface area contributed by atoms with Crippen LogP contribution in [0.3, 0.4) is 0 Å². The molecule has 2 heterocycles. The molecule has 0 aliphatic carbocycles. The highest BCUT2D eigenvalue weighted by atomic mass is 19.1. The number of aromatic nitrogens is 2. The molecule has 5 heteroatoms. The van der Waals surface area contributed by atoms with Crippen LogP contribution in [0.2, 0.25) is 0 Å². The topological polar surface area (TPSA) is 47.0 Å². The highest BCUT2D eigenvalue weighted by Gasteiger charge is 2.21. The summed E-state index contributed by atoms with van der Waals surface area (Å²) in [5.41, 5.74) is 0. The molecule has 0 bridgehead atoms. The van der Waals surface area contributed by atoms with Gasteiger partial charge in [0.15, 0.2) is 0 Å². The normalized spacial score (nSPS) is 26.3. The first kappa shape index (κ1) is 10.3. The Hall–Kier alpha value is -1.23. The zero-order chi connectivity index (χ0) is 10.7. The molecule has 82 valence electrons. The largest absolute Gasteiger partial charge is 0.381 e. The van der Waals surface area contributed by atoms with Gasteiger partial charge in [-0.05, 0) is 12.3 Å². The van der Waals surface area contributed by atoms with E-state index in [0.29, 0.717) is 17.8 Å². The standard InChI is InChI=1S/C10H14FN3O/c1-7-5-15-3-2-8(7)14-10-4-9(11)12-6-13-10/h4,6-8H,2-3,5H2,1H3,(H,12,13,14). The average molecular weight is 211 g/mol. The van der Waals surface area contributed by atoms with Gasteiger partial charge in [0, 0.05) is 18.7 Å². The van der Waals surface area contributed by atoms with Gasteiger partial charge in [-0.1, -0.05) is 6.92 Å². The van der Waals surface area contributed by atoms with Crippen molar-refractivity contribution in [2.45, 2.75) is 19.4 Å². The summed E-state index contributed by atoms with van der Waals surface area (Å²) in [5.74, 6) is 0.449. The van der Waals surface area contributed by atoms with Crippen molar-refractivity contribution in [2.75, 3.05) is 18.5 Å². The molecular weight excluding hydrogens is 197 g/mol. The van der Waals surface area contributed by atoms with Crippen LogP contribution >= 0.6 is 0 Å². The van der Waals surface area contributed by atoms with E-state index in [1.165, 1.54) is 12.4 Å². The maximum Gasteiger partial charge on any atom is 0.217 e. The molecule has 0 spiro atoms. The molecule has 2 unspecified atom stereocenters. The van der Waals surface area contributed by atoms with Crippen LogP contribution < -0.4 is 5.32 Å². The predicted molar refractivity (Wildman–Crippen MR) is 54.0 cm³/mol. The number of hydrogen-bond donors (Lipinski definition) is 1. The molecule has 2 rings (SSSR count). The minimum absolute atomic E-state index is 0.299. The van der Waals surface area contributed by atoms with Crippen molar-refractivity contribution in [3.63, 3.8) is 0 Å². The van der Waals surface area contributed by atoms with Gasteiger partial charge in [-0.3, -0.25) is 0 Å². The van der Waals surface area contributed by atoms with Gasteiger partial charge in [-0.25, -0.2) is 9.97 Å². The Bertz CT molecular complexity index is 334. The monoisotopic (exact) mass is 211 g/mol. The van der Waals surface area contributed by atoms with Crippen molar-refractivity contribution in [2.24, 2.45) is 5.92 Å². The van der Waals surface area contributed by atoms with E-state index in [4.69, 9.17) is 4.74 Å². The number of ether oxygens (including phenoxy) is 1. The van der Waals surface area contributed by atoms with E-state index in [1.807, 2.05) is 0 Å². The van der Waals surface area contributed by atoms with Crippen LogP contribution in [0.4, 0.5) is 10.2 Å². The van der Waals surface area contributed by atoms with Crippen molar-refractivity contribution in [3.05, 3.63) is 18.3 Å². The molecule has 1 aliphatic rings. The third-order valence-electron chi connectivity index (χ3n) is 2.61. The second-order valence-electron chi connectivity index (χ2n) is 3.82. The minimum Gasteiger partial charge on any atom is -0.381 e. The van der Waals surface area contributed by atoms with E-state index in [-0.39, 0.29) is 0 Å². The lowest BCUT2D eigenvalue weighted by Gasteiger charge is -2.29. The van der Waals surface area contributed by atoms with Crippen molar-refractivity contribution < 1.29 is 9.13 Å². The van der Waals surface area contributed by atoms with E-state index in [9.17, 15) is 4.39 Å². The van der Waals surface area contributed by atoms with Gasteiger partial charge in [0.25, 0.3) is 0 Å². The first-order chi connectivity index (χ1) is 7.25. The lowest BCUT2D eigenvalue weighted by molar-refractivity contribution is 0.0537. The summed E-state index contributed by atoms with van der Waals surface area (Å²) in [5, 5.41) is 3.20. The fourth-order valence-electron chi connectivity index (χ4n) is 1.70. The Morgan fingerprint density at radius 2 is 2.40 bits per heavy atom. The number of halogens is 1. The Kier molecular flexibility index (Phi) is 3.11. The van der Waals surface area contributed by atoms with E-state index in [1.54, 1.807) is 0 Å². The number of hydrogen-bond acceptors (Lipinski definition) is 4. The van der Waals surface area contributed by atoms with Crippen LogP contribution in [0.5, 0.6) is 0 Å². The van der Waals surface area contributed by atoms with Gasteiger partial charge in [0.05, 0.1) is 6.61 Å². The molecule has 0 amide bonds. The fourth-order valence-corrected chi connectivity index (χ4v) is 1.70. The number of nitrogens with one attached hydrogen (secondary N) is 1. The van der Waals surface area contributed by atoms with E-state index in [2.05, 4.69) is 22.2 Å². The summed E-state index contributed by atoms with van der Waals surface area (Å²) < 4.78 is 18.1. The smallest absolute Gasteiger partial charge is 0.217 e. The van der Waals surface area contributed by atoms with Crippen LogP contribution in [-0.4, -0.2) is 29.2 Å². The first-order valence-corrected chi connectivity index (χ1v) is 5.07. The van der Waals surface area contributed by atoms with Gasteiger partial charge in [0.2, 0.25) is 5.95 Å². The van der Waals surface area contributed by atoms with Crippen LogP contribution in [-0.2, 0) is 4.74 Å². The Labute approximate surface area is 87.9 Å². The minimum atomic E-state index is -0.507. The average Bonchev–Trinajstić information content (AvgIpc) is 2.22. The van der Waals surface area contributed by atoms with Crippen LogP contribution in [0, 0.1) is 11.9 Å². The molecule has 1 N–H and O–H groups in total. The van der Waals surface area contributed by atoms with Gasteiger partial charge < -0.3 is 10.1 Å². The van der Waals surface area contributed by atoms with Gasteiger partial charge in [-0.2, -0.15) is 4.39 Å². The molecule has 0 saturated carbocycles. The molecule has 1 fully saturated rings. The summed E-state index contributed by atoms with van der Waals surface area (Å²) in [7, 11) is 0. The molecular formula is C10H14FN3O. The molecule has 4 nitrogen and oxygen atoms in total. The van der Waals surface area contributed by atoms with E-state index in [0.717, 1.165) is 19.6 Å². The van der Waals surface area contributed by atoms with Gasteiger partial charge in [0.1, 0.15) is 12.1 Å². The van der Waals surface area contributed by atoms with Gasteiger partial charge >= 0.3 is 0 Å². The quantitative estimate of drug-likeness (QED) is 0.752. The molecule has 1 saturated heterocycles. The molecule has 2 atom stereocenters. The van der Waals surface area contributed by atoms with Crippen molar-refractivity contribution >= 4 is 5.82 Å². The maximum atomic E-state index is 12.8. The summed E-state index contributed by atoms with van der Waals surface area (Å²) in [6.07, 6.45) is 2.15. The van der Waals surface area contributed by atoms with Crippen molar-refractivity contribution in [3.8, 4) is 0 Å². The van der Waals surface area contributed by atoms with Gasteiger partial charge in [-0.15, -0.1) is 0 Å². The molecule has 0 radical (unpaired) electrons. The predicted octanol–water partition coefficient (Wildman–Crippen LogP) is 1.45. The highest BCUT2D eigenvalue weighted by molar-refractivity contribution is 5.33. The number of nitrogens with zero attached hydrogens (tertiary/aromatic N) is 2. The molecule has 1 aromatic heterocycles. The summed E-state index contributed by atoms with van der Waals surface area (Å²) in [6, 6.07) is 1.61. The highest BCUT2D eigenvalue weighted by Crippen LogP contribution is 2.18. The summed E-state index contributed by atoms with van der Waals surface area (Å²) in [6.45, 7) is 3.59. The summed E-state index contributed by atoms with van der Waals surface area (Å²) >= 11 is 0. The van der Waals surface area contributed by atoms with Crippen molar-refractivity contribution in [1.29, 1.82) is 0 Å².